The van der Waals surface area contributed by atoms with Gasteiger partial charge in [-0.1, -0.05) is 43.2 Å². The molecule has 2 N–H and O–H groups in total. The maximum absolute atomic E-state index is 4.80. The number of hydrogen-bond donors (Lipinski definition) is 2. The van der Waals surface area contributed by atoms with E-state index in [1.165, 1.54) is 16.7 Å². The first-order valence-corrected chi connectivity index (χ1v) is 10.5. The molecule has 2 aromatic rings. The molecule has 0 fully saturated rings. The van der Waals surface area contributed by atoms with Gasteiger partial charge in [0.2, 0.25) is 0 Å². The number of nitrogens with zero attached hydrogens (tertiary/aromatic N) is 4. The van der Waals surface area contributed by atoms with Gasteiger partial charge in [0.15, 0.2) is 11.8 Å². The van der Waals surface area contributed by atoms with Gasteiger partial charge < -0.3 is 10.6 Å². The second-order valence-corrected chi connectivity index (χ2v) is 8.11. The summed E-state index contributed by atoms with van der Waals surface area (Å²) in [4.78, 5) is 9.48. The summed E-state index contributed by atoms with van der Waals surface area (Å²) in [5.41, 5.74) is 3.98. The highest BCUT2D eigenvalue weighted by molar-refractivity contribution is 5.80. The molecule has 1 aliphatic heterocycles. The molecule has 2 heterocycles. The molecule has 0 saturated heterocycles. The van der Waals surface area contributed by atoms with Crippen LogP contribution in [0.3, 0.4) is 0 Å². The third kappa shape index (κ3) is 5.33. The monoisotopic (exact) mass is 382 g/mol. The molecule has 6 heteroatoms. The van der Waals surface area contributed by atoms with Crippen molar-refractivity contribution in [2.24, 2.45) is 4.99 Å². The first-order chi connectivity index (χ1) is 13.4. The predicted octanol–water partition coefficient (Wildman–Crippen LogP) is 3.13. The number of nitrogens with one attached hydrogen (secondary N) is 2. The summed E-state index contributed by atoms with van der Waals surface area (Å²) in [5, 5.41) is 11.7. The van der Waals surface area contributed by atoms with Gasteiger partial charge in [-0.05, 0) is 39.2 Å². The van der Waals surface area contributed by atoms with Crippen LogP contribution >= 0.6 is 0 Å². The van der Waals surface area contributed by atoms with Gasteiger partial charge in [-0.2, -0.15) is 5.10 Å². The van der Waals surface area contributed by atoms with Crippen LogP contribution in [0, 0.1) is 13.8 Å². The fourth-order valence-electron chi connectivity index (χ4n) is 3.71. The molecule has 28 heavy (non-hydrogen) atoms. The molecule has 1 aromatic heterocycles. The van der Waals surface area contributed by atoms with Crippen molar-refractivity contribution in [3.8, 4) is 0 Å². The molecule has 0 radical (unpaired) electrons. The van der Waals surface area contributed by atoms with Crippen LogP contribution in [0.1, 0.15) is 61.4 Å². The molecule has 0 spiro atoms. The van der Waals surface area contributed by atoms with E-state index in [0.29, 0.717) is 12.0 Å². The van der Waals surface area contributed by atoms with Gasteiger partial charge in [0.05, 0.1) is 6.54 Å². The van der Waals surface area contributed by atoms with Gasteiger partial charge in [-0.25, -0.2) is 9.67 Å². The molecule has 152 valence electrons. The van der Waals surface area contributed by atoms with Crippen molar-refractivity contribution < 1.29 is 0 Å². The number of hydrogen-bond acceptors (Lipinski definition) is 3. The zero-order valence-corrected chi connectivity index (χ0v) is 17.9. The Balaban J connectivity index is 1.60. The number of benzene rings is 1. The normalized spacial score (nSPS) is 16.9. The van der Waals surface area contributed by atoms with Gasteiger partial charge >= 0.3 is 0 Å². The lowest BCUT2D eigenvalue weighted by Gasteiger charge is -2.25. The summed E-state index contributed by atoms with van der Waals surface area (Å²) in [6.07, 6.45) is 2.96. The average molecular weight is 383 g/mol. The number of rotatable bonds is 6. The lowest BCUT2D eigenvalue weighted by Crippen LogP contribution is -2.47. The van der Waals surface area contributed by atoms with E-state index in [-0.39, 0.29) is 0 Å². The lowest BCUT2D eigenvalue weighted by molar-refractivity contribution is 0.391. The van der Waals surface area contributed by atoms with E-state index in [0.717, 1.165) is 56.5 Å². The number of fused-ring (bicyclic) bond motifs is 1. The maximum atomic E-state index is 4.80. The van der Waals surface area contributed by atoms with Crippen LogP contribution in [0.25, 0.3) is 0 Å². The van der Waals surface area contributed by atoms with Crippen molar-refractivity contribution in [3.63, 3.8) is 0 Å². The van der Waals surface area contributed by atoms with Crippen LogP contribution in [0.15, 0.2) is 23.2 Å². The molecule has 0 bridgehead atoms. The van der Waals surface area contributed by atoms with Gasteiger partial charge in [-0.3, -0.25) is 4.99 Å². The number of guanidine groups is 1. The molecule has 1 atom stereocenters. The van der Waals surface area contributed by atoms with Crippen molar-refractivity contribution in [2.75, 3.05) is 13.1 Å². The predicted molar refractivity (Wildman–Crippen MR) is 115 cm³/mol. The molecule has 3 rings (SSSR count). The van der Waals surface area contributed by atoms with Crippen molar-refractivity contribution >= 4 is 5.96 Å². The minimum Gasteiger partial charge on any atom is -0.357 e. The van der Waals surface area contributed by atoms with E-state index in [2.05, 4.69) is 78.2 Å². The lowest BCUT2D eigenvalue weighted by atomic mass is 10.1. The molecule has 1 unspecified atom stereocenters. The van der Waals surface area contributed by atoms with Crippen molar-refractivity contribution in [1.82, 2.24) is 25.4 Å². The van der Waals surface area contributed by atoms with Crippen LogP contribution in [-0.2, 0) is 19.4 Å². The van der Waals surface area contributed by atoms with Crippen molar-refractivity contribution in [2.45, 2.75) is 72.4 Å². The van der Waals surface area contributed by atoms with E-state index < -0.39 is 0 Å². The van der Waals surface area contributed by atoms with E-state index in [1.807, 2.05) is 0 Å². The van der Waals surface area contributed by atoms with Gasteiger partial charge in [0.1, 0.15) is 5.82 Å². The molecule has 6 nitrogen and oxygen atoms in total. The third-order valence-electron chi connectivity index (χ3n) is 5.03. The van der Waals surface area contributed by atoms with Gasteiger partial charge in [0.25, 0.3) is 0 Å². The van der Waals surface area contributed by atoms with Crippen LogP contribution in [0.2, 0.25) is 0 Å². The van der Waals surface area contributed by atoms with Gasteiger partial charge in [-0.15, -0.1) is 0 Å². The largest absolute Gasteiger partial charge is 0.357 e. The van der Waals surface area contributed by atoms with Gasteiger partial charge in [0, 0.05) is 31.5 Å². The highest BCUT2D eigenvalue weighted by Crippen LogP contribution is 2.17. The minimum atomic E-state index is 0.327. The van der Waals surface area contributed by atoms with E-state index in [4.69, 9.17) is 4.99 Å². The Bertz CT molecular complexity index is 800. The van der Waals surface area contributed by atoms with Crippen molar-refractivity contribution in [3.05, 3.63) is 46.5 Å². The zero-order valence-electron chi connectivity index (χ0n) is 17.9. The highest BCUT2D eigenvalue weighted by atomic mass is 15.4. The smallest absolute Gasteiger partial charge is 0.191 e. The summed E-state index contributed by atoms with van der Waals surface area (Å²) in [6.45, 7) is 13.2. The third-order valence-corrected chi connectivity index (χ3v) is 5.03. The Labute approximate surface area is 168 Å². The van der Waals surface area contributed by atoms with Crippen LogP contribution < -0.4 is 10.6 Å². The first-order valence-electron chi connectivity index (χ1n) is 10.5. The Hall–Kier alpha value is -2.37. The second-order valence-electron chi connectivity index (χ2n) is 8.11. The number of aromatic nitrogens is 3. The molecular weight excluding hydrogens is 348 g/mol. The summed E-state index contributed by atoms with van der Waals surface area (Å²) in [6, 6.07) is 7.04. The van der Waals surface area contributed by atoms with E-state index in [1.54, 1.807) is 0 Å². The van der Waals surface area contributed by atoms with Crippen LogP contribution in [-0.4, -0.2) is 39.9 Å². The first kappa shape index (κ1) is 20.4. The zero-order chi connectivity index (χ0) is 20.1. The number of aryl methyl sites for hydroxylation is 3. The standard InChI is InChI=1S/C22H34N6/c1-6-23-22(24-10-9-18-12-16(4)11-17(5)13-18)25-19-7-8-20-26-21(15(2)3)27-28(20)14-19/h11-13,15,19H,6-10,14H2,1-5H3,(H2,23,24,25). The Kier molecular flexibility index (Phi) is 6.70. The summed E-state index contributed by atoms with van der Waals surface area (Å²) >= 11 is 0. The molecule has 0 amide bonds. The van der Waals surface area contributed by atoms with E-state index in [9.17, 15) is 0 Å². The fourth-order valence-corrected chi connectivity index (χ4v) is 3.71. The molecular formula is C22H34N6. The quantitative estimate of drug-likeness (QED) is 0.595. The Morgan fingerprint density at radius 1 is 1.25 bits per heavy atom. The van der Waals surface area contributed by atoms with Crippen LogP contribution in [0.5, 0.6) is 0 Å². The SMILES string of the molecule is CCNC(=NCCc1cc(C)cc(C)c1)NC1CCc2nc(C(C)C)nn2C1. The Morgan fingerprint density at radius 2 is 2.00 bits per heavy atom. The second kappa shape index (κ2) is 9.22. The molecule has 1 aliphatic rings. The van der Waals surface area contributed by atoms with Crippen molar-refractivity contribution in [1.29, 1.82) is 0 Å². The highest BCUT2D eigenvalue weighted by Gasteiger charge is 2.23. The maximum Gasteiger partial charge on any atom is 0.191 e. The van der Waals surface area contributed by atoms with E-state index >= 15 is 0 Å². The van der Waals surface area contributed by atoms with Crippen LogP contribution in [0.4, 0.5) is 0 Å². The summed E-state index contributed by atoms with van der Waals surface area (Å²) in [7, 11) is 0. The molecule has 0 saturated carbocycles. The summed E-state index contributed by atoms with van der Waals surface area (Å²) < 4.78 is 2.07. The topological polar surface area (TPSA) is 67.1 Å². The Morgan fingerprint density at radius 3 is 2.68 bits per heavy atom. The minimum absolute atomic E-state index is 0.327. The molecule has 1 aromatic carbocycles. The molecule has 0 aliphatic carbocycles. The number of aliphatic imine (C=N–C) groups is 1. The fraction of sp³-hybridized carbons (Fsp3) is 0.591. The summed E-state index contributed by atoms with van der Waals surface area (Å²) in [5.74, 6) is 3.32. The average Bonchev–Trinajstić information content (AvgIpc) is 3.05.